The van der Waals surface area contributed by atoms with Gasteiger partial charge in [-0.05, 0) is 48.4 Å². The number of hydrogen-bond acceptors (Lipinski definition) is 3. The second-order valence-electron chi connectivity index (χ2n) is 5.45. The Morgan fingerprint density at radius 2 is 1.50 bits per heavy atom. The molecule has 2 unspecified atom stereocenters. The molecule has 2 atom stereocenters. The van der Waals surface area contributed by atoms with Gasteiger partial charge in [0.25, 0.3) is 0 Å². The Morgan fingerprint density at radius 3 is 1.80 bits per heavy atom. The van der Waals surface area contributed by atoms with Crippen LogP contribution in [0.25, 0.3) is 0 Å². The predicted octanol–water partition coefficient (Wildman–Crippen LogP) is 2.81. The number of rotatable bonds is 6. The first-order valence-corrected chi connectivity index (χ1v) is 9.30. The van der Waals surface area contributed by atoms with Crippen LogP contribution in [-0.2, 0) is 29.1 Å². The molecule has 0 aliphatic carbocycles. The molecule has 1 aromatic carbocycles. The van der Waals surface area contributed by atoms with E-state index in [0.717, 1.165) is 24.8 Å². The number of benzene rings is 1. The monoisotopic (exact) mass is 297 g/mol. The van der Waals surface area contributed by atoms with Crippen molar-refractivity contribution in [1.29, 1.82) is 0 Å². The molecule has 2 N–H and O–H groups in total. The van der Waals surface area contributed by atoms with E-state index in [-0.39, 0.29) is 0 Å². The zero-order valence-corrected chi connectivity index (χ0v) is 14.0. The van der Waals surface area contributed by atoms with Crippen LogP contribution in [0.3, 0.4) is 0 Å². The summed E-state index contributed by atoms with van der Waals surface area (Å²) in [5, 5.41) is -0.564. The third kappa shape index (κ3) is 3.61. The molecule has 1 aromatic rings. The molecule has 0 aliphatic heterocycles. The molecular weight excluding hydrogens is 270 g/mol. The van der Waals surface area contributed by atoms with Gasteiger partial charge in [-0.25, -0.2) is 8.42 Å². The van der Waals surface area contributed by atoms with E-state index in [1.807, 2.05) is 0 Å². The van der Waals surface area contributed by atoms with Crippen LogP contribution in [0.2, 0.25) is 0 Å². The van der Waals surface area contributed by atoms with Crippen molar-refractivity contribution >= 4 is 9.84 Å². The minimum atomic E-state index is -3.14. The van der Waals surface area contributed by atoms with E-state index in [4.69, 9.17) is 5.73 Å². The zero-order chi connectivity index (χ0) is 15.5. The quantitative estimate of drug-likeness (QED) is 0.878. The van der Waals surface area contributed by atoms with Gasteiger partial charge in [-0.15, -0.1) is 0 Å². The molecule has 0 saturated heterocycles. The van der Waals surface area contributed by atoms with Crippen molar-refractivity contribution in [2.75, 3.05) is 6.26 Å². The van der Waals surface area contributed by atoms with Crippen LogP contribution in [0.4, 0.5) is 0 Å². The highest BCUT2D eigenvalue weighted by Gasteiger charge is 2.27. The van der Waals surface area contributed by atoms with Crippen molar-refractivity contribution in [3.8, 4) is 0 Å². The average Bonchev–Trinajstić information content (AvgIpc) is 2.42. The third-order valence-corrected chi connectivity index (χ3v) is 5.74. The van der Waals surface area contributed by atoms with Crippen LogP contribution in [0.15, 0.2) is 12.1 Å². The van der Waals surface area contributed by atoms with Crippen LogP contribution < -0.4 is 5.73 Å². The number of hydrogen-bond donors (Lipinski definition) is 1. The SMILES string of the molecule is CCc1cc(CC)c(C(N)C(C)S(C)(=O)=O)c(CC)c1. The van der Waals surface area contributed by atoms with Gasteiger partial charge in [-0.3, -0.25) is 0 Å². The summed E-state index contributed by atoms with van der Waals surface area (Å²) in [5.41, 5.74) is 11.0. The van der Waals surface area contributed by atoms with Gasteiger partial charge in [0.05, 0.1) is 5.25 Å². The Balaban J connectivity index is 3.42. The smallest absolute Gasteiger partial charge is 0.151 e. The lowest BCUT2D eigenvalue weighted by Gasteiger charge is -2.25. The molecule has 0 radical (unpaired) electrons. The van der Waals surface area contributed by atoms with E-state index in [9.17, 15) is 8.42 Å². The molecule has 1 rings (SSSR count). The molecule has 0 fully saturated rings. The number of aryl methyl sites for hydroxylation is 3. The Bertz CT molecular complexity index is 539. The van der Waals surface area contributed by atoms with Gasteiger partial charge >= 0.3 is 0 Å². The minimum Gasteiger partial charge on any atom is -0.323 e. The maximum absolute atomic E-state index is 11.8. The third-order valence-electron chi connectivity index (χ3n) is 4.10. The van der Waals surface area contributed by atoms with Crippen molar-refractivity contribution in [2.45, 2.75) is 58.2 Å². The summed E-state index contributed by atoms with van der Waals surface area (Å²) in [6, 6.07) is 3.88. The van der Waals surface area contributed by atoms with Gasteiger partial charge in [0, 0.05) is 12.3 Å². The van der Waals surface area contributed by atoms with Crippen molar-refractivity contribution in [2.24, 2.45) is 5.73 Å². The van der Waals surface area contributed by atoms with Crippen LogP contribution in [-0.4, -0.2) is 19.9 Å². The number of sulfone groups is 1. The summed E-state index contributed by atoms with van der Waals surface area (Å²) in [4.78, 5) is 0. The summed E-state index contributed by atoms with van der Waals surface area (Å²) in [6.07, 6.45) is 3.99. The van der Waals surface area contributed by atoms with E-state index in [2.05, 4.69) is 32.9 Å². The summed E-state index contributed by atoms with van der Waals surface area (Å²) < 4.78 is 23.6. The Labute approximate surface area is 123 Å². The molecule has 114 valence electrons. The van der Waals surface area contributed by atoms with Crippen LogP contribution in [0.5, 0.6) is 0 Å². The highest BCUT2D eigenvalue weighted by atomic mass is 32.2. The van der Waals surface area contributed by atoms with Crippen LogP contribution >= 0.6 is 0 Å². The van der Waals surface area contributed by atoms with E-state index in [0.29, 0.717) is 0 Å². The number of nitrogens with two attached hydrogens (primary N) is 1. The molecule has 0 bridgehead atoms. The molecule has 0 heterocycles. The molecule has 20 heavy (non-hydrogen) atoms. The average molecular weight is 297 g/mol. The summed E-state index contributed by atoms with van der Waals surface area (Å²) in [6.45, 7) is 8.02. The van der Waals surface area contributed by atoms with Gasteiger partial charge < -0.3 is 5.73 Å². The summed E-state index contributed by atoms with van der Waals surface area (Å²) in [5.74, 6) is 0. The second-order valence-corrected chi connectivity index (χ2v) is 7.85. The zero-order valence-electron chi connectivity index (χ0n) is 13.2. The maximum Gasteiger partial charge on any atom is 0.151 e. The highest BCUT2D eigenvalue weighted by Crippen LogP contribution is 2.29. The maximum atomic E-state index is 11.8. The van der Waals surface area contributed by atoms with Gasteiger partial charge in [0.2, 0.25) is 0 Å². The topological polar surface area (TPSA) is 60.2 Å². The summed E-state index contributed by atoms with van der Waals surface area (Å²) in [7, 11) is -3.14. The highest BCUT2D eigenvalue weighted by molar-refractivity contribution is 7.91. The van der Waals surface area contributed by atoms with Crippen molar-refractivity contribution in [3.05, 3.63) is 34.4 Å². The lowest BCUT2D eigenvalue weighted by Crippen LogP contribution is -2.32. The second kappa shape index (κ2) is 6.72. The standard InChI is InChI=1S/C16H27NO2S/c1-6-12-9-13(7-2)15(14(8-3)10-12)16(17)11(4)20(5,18)19/h9-11,16H,6-8,17H2,1-5H3. The van der Waals surface area contributed by atoms with Crippen molar-refractivity contribution < 1.29 is 8.42 Å². The van der Waals surface area contributed by atoms with E-state index >= 15 is 0 Å². The normalized spacial score (nSPS) is 15.1. The minimum absolute atomic E-state index is 0.458. The van der Waals surface area contributed by atoms with Gasteiger partial charge in [-0.2, -0.15) is 0 Å². The van der Waals surface area contributed by atoms with Gasteiger partial charge in [0.15, 0.2) is 9.84 Å². The molecule has 4 heteroatoms. The Morgan fingerprint density at radius 1 is 1.05 bits per heavy atom. The van der Waals surface area contributed by atoms with E-state index in [1.54, 1.807) is 6.92 Å². The molecule has 0 aromatic heterocycles. The fraction of sp³-hybridized carbons (Fsp3) is 0.625. The molecule has 3 nitrogen and oxygen atoms in total. The lowest BCUT2D eigenvalue weighted by atomic mass is 9.88. The lowest BCUT2D eigenvalue weighted by molar-refractivity contribution is 0.568. The molecule has 0 amide bonds. The first-order valence-electron chi connectivity index (χ1n) is 7.35. The van der Waals surface area contributed by atoms with Crippen LogP contribution in [0, 0.1) is 0 Å². The van der Waals surface area contributed by atoms with Gasteiger partial charge in [0.1, 0.15) is 0 Å². The van der Waals surface area contributed by atoms with E-state index < -0.39 is 21.1 Å². The molecule has 0 spiro atoms. The van der Waals surface area contributed by atoms with Gasteiger partial charge in [-0.1, -0.05) is 32.9 Å². The largest absolute Gasteiger partial charge is 0.323 e. The van der Waals surface area contributed by atoms with Crippen LogP contribution in [0.1, 0.15) is 56.0 Å². The van der Waals surface area contributed by atoms with Crippen molar-refractivity contribution in [3.63, 3.8) is 0 Å². The first kappa shape index (κ1) is 17.2. The Hall–Kier alpha value is -0.870. The Kier molecular flexibility index (Phi) is 5.78. The fourth-order valence-electron chi connectivity index (χ4n) is 2.57. The predicted molar refractivity (Wildman–Crippen MR) is 85.8 cm³/mol. The van der Waals surface area contributed by atoms with Crippen molar-refractivity contribution in [1.82, 2.24) is 0 Å². The van der Waals surface area contributed by atoms with E-state index in [1.165, 1.54) is 22.9 Å². The molecular formula is C16H27NO2S. The summed E-state index contributed by atoms with van der Waals surface area (Å²) >= 11 is 0. The first-order chi connectivity index (χ1) is 9.26. The molecule has 0 saturated carbocycles. The fourth-order valence-corrected chi connectivity index (χ4v) is 3.24. The molecule has 0 aliphatic rings.